The lowest BCUT2D eigenvalue weighted by molar-refractivity contribution is -0.314. The Hall–Kier alpha value is -0.0800. The first-order valence-electron chi connectivity index (χ1n) is 11.9. The Labute approximate surface area is 164 Å². The van der Waals surface area contributed by atoms with Gasteiger partial charge in [0.15, 0.2) is 0 Å². The Balaban J connectivity index is 2.98. The highest BCUT2D eigenvalue weighted by Gasteiger charge is 2.70. The lowest BCUT2D eigenvalue weighted by atomic mass is 9.41. The Morgan fingerprint density at radius 3 is 1.12 bits per heavy atom. The van der Waals surface area contributed by atoms with Gasteiger partial charge < -0.3 is 10.2 Å². The fourth-order valence-corrected chi connectivity index (χ4v) is 5.55. The van der Waals surface area contributed by atoms with E-state index in [0.717, 1.165) is 51.4 Å². The van der Waals surface area contributed by atoms with Gasteiger partial charge in [-0.05, 0) is 25.7 Å². The van der Waals surface area contributed by atoms with Gasteiger partial charge in [0.2, 0.25) is 0 Å². The van der Waals surface area contributed by atoms with E-state index in [1.54, 1.807) is 0 Å². The van der Waals surface area contributed by atoms with Gasteiger partial charge in [0.25, 0.3) is 0 Å². The molecule has 1 fully saturated rings. The molecule has 0 heterocycles. The van der Waals surface area contributed by atoms with Crippen molar-refractivity contribution in [3.05, 3.63) is 0 Å². The summed E-state index contributed by atoms with van der Waals surface area (Å²) in [6.45, 7) is 8.93. The van der Waals surface area contributed by atoms with Crippen molar-refractivity contribution in [2.75, 3.05) is 0 Å². The van der Waals surface area contributed by atoms with Crippen LogP contribution in [0.25, 0.3) is 0 Å². The summed E-state index contributed by atoms with van der Waals surface area (Å²) in [7, 11) is 0. The summed E-state index contributed by atoms with van der Waals surface area (Å²) < 4.78 is 0. The summed E-state index contributed by atoms with van der Waals surface area (Å²) in [5.74, 6) is 0. The number of hydrogen-bond donors (Lipinski definition) is 2. The molecule has 0 radical (unpaired) electrons. The SMILES string of the molecule is CCCCCC1(O)CC(O)(CCCCC)C1(CCCCC)CCCCC. The van der Waals surface area contributed by atoms with E-state index < -0.39 is 11.2 Å². The largest absolute Gasteiger partial charge is 0.389 e. The zero-order valence-corrected chi connectivity index (χ0v) is 18.4. The second-order valence-electron chi connectivity index (χ2n) is 9.15. The molecule has 1 aliphatic rings. The molecule has 0 aromatic rings. The average Bonchev–Trinajstić information content (AvgIpc) is 2.61. The average molecular weight is 369 g/mol. The van der Waals surface area contributed by atoms with Gasteiger partial charge in [0.1, 0.15) is 0 Å². The molecule has 1 aliphatic carbocycles. The third-order valence-electron chi connectivity index (χ3n) is 7.17. The van der Waals surface area contributed by atoms with Crippen LogP contribution in [0.15, 0.2) is 0 Å². The molecule has 0 saturated heterocycles. The molecule has 156 valence electrons. The van der Waals surface area contributed by atoms with Crippen LogP contribution < -0.4 is 0 Å². The maximum atomic E-state index is 11.7. The van der Waals surface area contributed by atoms with Gasteiger partial charge in [-0.1, -0.05) is 105 Å². The Kier molecular flexibility index (Phi) is 10.8. The van der Waals surface area contributed by atoms with Crippen molar-refractivity contribution >= 4 is 0 Å². The summed E-state index contributed by atoms with van der Waals surface area (Å²) in [5, 5.41) is 23.4. The maximum Gasteiger partial charge on any atom is 0.0758 e. The summed E-state index contributed by atoms with van der Waals surface area (Å²) in [5.41, 5.74) is -1.53. The molecular weight excluding hydrogens is 320 g/mol. The van der Waals surface area contributed by atoms with Crippen molar-refractivity contribution in [2.45, 2.75) is 148 Å². The van der Waals surface area contributed by atoms with Gasteiger partial charge in [-0.15, -0.1) is 0 Å². The fraction of sp³-hybridized carbons (Fsp3) is 1.00. The van der Waals surface area contributed by atoms with Crippen LogP contribution in [0.5, 0.6) is 0 Å². The molecule has 2 N–H and O–H groups in total. The monoisotopic (exact) mass is 368 g/mol. The van der Waals surface area contributed by atoms with Crippen molar-refractivity contribution in [1.29, 1.82) is 0 Å². The first-order chi connectivity index (χ1) is 12.4. The zero-order chi connectivity index (χ0) is 19.5. The molecule has 0 amide bonds. The van der Waals surface area contributed by atoms with Crippen LogP contribution in [-0.2, 0) is 0 Å². The molecule has 26 heavy (non-hydrogen) atoms. The van der Waals surface area contributed by atoms with Crippen LogP contribution in [0.4, 0.5) is 0 Å². The van der Waals surface area contributed by atoms with E-state index in [9.17, 15) is 10.2 Å². The number of hydrogen-bond acceptors (Lipinski definition) is 2. The van der Waals surface area contributed by atoms with Gasteiger partial charge in [0.05, 0.1) is 11.2 Å². The number of rotatable bonds is 16. The van der Waals surface area contributed by atoms with Crippen molar-refractivity contribution in [3.63, 3.8) is 0 Å². The third-order valence-corrected chi connectivity index (χ3v) is 7.17. The zero-order valence-electron chi connectivity index (χ0n) is 18.4. The van der Waals surface area contributed by atoms with Crippen LogP contribution in [0.3, 0.4) is 0 Å². The van der Waals surface area contributed by atoms with E-state index in [-0.39, 0.29) is 5.41 Å². The summed E-state index contributed by atoms with van der Waals surface area (Å²) in [6, 6.07) is 0. The molecule has 2 unspecified atom stereocenters. The summed E-state index contributed by atoms with van der Waals surface area (Å²) >= 11 is 0. The Morgan fingerprint density at radius 2 is 0.808 bits per heavy atom. The minimum Gasteiger partial charge on any atom is -0.389 e. The van der Waals surface area contributed by atoms with Gasteiger partial charge in [-0.2, -0.15) is 0 Å². The molecule has 1 saturated carbocycles. The normalized spacial score (nSPS) is 27.5. The molecule has 0 aromatic heterocycles. The molecule has 0 aliphatic heterocycles. The van der Waals surface area contributed by atoms with Crippen molar-refractivity contribution in [1.82, 2.24) is 0 Å². The Bertz CT molecular complexity index is 333. The first kappa shape index (κ1) is 24.0. The molecule has 0 spiro atoms. The molecule has 0 bridgehead atoms. The minimum absolute atomic E-state index is 0.258. The van der Waals surface area contributed by atoms with E-state index in [0.29, 0.717) is 6.42 Å². The quantitative estimate of drug-likeness (QED) is 0.284. The molecular formula is C24H48O2. The van der Waals surface area contributed by atoms with Crippen LogP contribution in [-0.4, -0.2) is 21.4 Å². The van der Waals surface area contributed by atoms with Gasteiger partial charge in [0, 0.05) is 11.8 Å². The molecule has 2 atom stereocenters. The smallest absolute Gasteiger partial charge is 0.0758 e. The first-order valence-corrected chi connectivity index (χ1v) is 11.9. The van der Waals surface area contributed by atoms with Crippen molar-refractivity contribution in [2.24, 2.45) is 5.41 Å². The van der Waals surface area contributed by atoms with Crippen LogP contribution in [0.1, 0.15) is 137 Å². The van der Waals surface area contributed by atoms with Crippen molar-refractivity contribution < 1.29 is 10.2 Å². The van der Waals surface area contributed by atoms with E-state index >= 15 is 0 Å². The fourth-order valence-electron chi connectivity index (χ4n) is 5.55. The predicted molar refractivity (Wildman–Crippen MR) is 114 cm³/mol. The highest BCUT2D eigenvalue weighted by atomic mass is 16.3. The molecule has 0 aromatic carbocycles. The summed E-state index contributed by atoms with van der Waals surface area (Å²) in [4.78, 5) is 0. The van der Waals surface area contributed by atoms with E-state index in [1.165, 1.54) is 51.4 Å². The molecule has 2 heteroatoms. The molecule has 1 rings (SSSR count). The minimum atomic E-state index is -0.634. The second kappa shape index (κ2) is 11.7. The van der Waals surface area contributed by atoms with Crippen LogP contribution >= 0.6 is 0 Å². The van der Waals surface area contributed by atoms with E-state index in [1.807, 2.05) is 0 Å². The predicted octanol–water partition coefficient (Wildman–Crippen LogP) is 7.16. The lowest BCUT2D eigenvalue weighted by Crippen LogP contribution is -2.74. The highest BCUT2D eigenvalue weighted by Crippen LogP contribution is 2.66. The van der Waals surface area contributed by atoms with Crippen molar-refractivity contribution in [3.8, 4) is 0 Å². The van der Waals surface area contributed by atoms with Gasteiger partial charge >= 0.3 is 0 Å². The highest BCUT2D eigenvalue weighted by molar-refractivity contribution is 5.21. The number of unbranched alkanes of at least 4 members (excludes halogenated alkanes) is 8. The van der Waals surface area contributed by atoms with Crippen LogP contribution in [0, 0.1) is 5.41 Å². The molecule has 2 nitrogen and oxygen atoms in total. The standard InChI is InChI=1S/C24H48O2/c1-5-9-13-17-22(18-14-10-6-2)23(25,19-15-11-7-3)21-24(22,26)20-16-12-8-4/h25-26H,5-21H2,1-4H3. The van der Waals surface area contributed by atoms with Gasteiger partial charge in [-0.3, -0.25) is 0 Å². The number of aliphatic hydroxyl groups is 2. The van der Waals surface area contributed by atoms with Crippen LogP contribution in [0.2, 0.25) is 0 Å². The van der Waals surface area contributed by atoms with Gasteiger partial charge in [-0.25, -0.2) is 0 Å². The lowest BCUT2D eigenvalue weighted by Gasteiger charge is -2.68. The second-order valence-corrected chi connectivity index (χ2v) is 9.15. The third kappa shape index (κ3) is 5.47. The Morgan fingerprint density at radius 1 is 0.500 bits per heavy atom. The topological polar surface area (TPSA) is 40.5 Å². The van der Waals surface area contributed by atoms with E-state index in [2.05, 4.69) is 27.7 Å². The summed E-state index contributed by atoms with van der Waals surface area (Å²) in [6.07, 6.45) is 18.5. The van der Waals surface area contributed by atoms with E-state index in [4.69, 9.17) is 0 Å². The maximum absolute atomic E-state index is 11.7.